The van der Waals surface area contributed by atoms with E-state index in [2.05, 4.69) is 24.4 Å². The number of halogens is 1. The summed E-state index contributed by atoms with van der Waals surface area (Å²) in [4.78, 5) is 0. The van der Waals surface area contributed by atoms with E-state index in [0.717, 1.165) is 30.5 Å². The van der Waals surface area contributed by atoms with Crippen molar-refractivity contribution in [1.29, 1.82) is 0 Å². The van der Waals surface area contributed by atoms with Gasteiger partial charge in [-0.1, -0.05) is 24.6 Å². The van der Waals surface area contributed by atoms with Gasteiger partial charge in [-0.3, -0.25) is 0 Å². The molecule has 0 unspecified atom stereocenters. The monoisotopic (exact) mass is 223 g/mol. The lowest BCUT2D eigenvalue weighted by molar-refractivity contribution is 0.458. The molecule has 0 atom stereocenters. The van der Waals surface area contributed by atoms with Gasteiger partial charge in [0.1, 0.15) is 0 Å². The number of piperidine rings is 1. The number of benzene rings is 1. The van der Waals surface area contributed by atoms with Gasteiger partial charge in [-0.2, -0.15) is 0 Å². The highest BCUT2D eigenvalue weighted by atomic mass is 35.5. The Labute approximate surface area is 96.8 Å². The van der Waals surface area contributed by atoms with Crippen LogP contribution in [0.5, 0.6) is 0 Å². The molecular weight excluding hydrogens is 206 g/mol. The highest BCUT2D eigenvalue weighted by Gasteiger charge is 2.17. The number of aryl methyl sites for hydroxylation is 1. The zero-order valence-corrected chi connectivity index (χ0v) is 9.98. The maximum Gasteiger partial charge on any atom is 0.0408 e. The van der Waals surface area contributed by atoms with Gasteiger partial charge in [0.2, 0.25) is 0 Å². The van der Waals surface area contributed by atoms with Crippen molar-refractivity contribution in [3.63, 3.8) is 0 Å². The lowest BCUT2D eigenvalue weighted by atomic mass is 9.86. The van der Waals surface area contributed by atoms with Crippen LogP contribution < -0.4 is 5.32 Å². The van der Waals surface area contributed by atoms with E-state index >= 15 is 0 Å². The van der Waals surface area contributed by atoms with E-state index in [1.54, 1.807) is 0 Å². The first-order chi connectivity index (χ1) is 7.31. The summed E-state index contributed by atoms with van der Waals surface area (Å²) in [6.45, 7) is 4.50. The van der Waals surface area contributed by atoms with E-state index in [1.807, 2.05) is 6.07 Å². The molecule has 1 fully saturated rings. The maximum absolute atomic E-state index is 6.02. The molecule has 2 rings (SSSR count). The third-order valence-electron chi connectivity index (χ3n) is 3.26. The third-order valence-corrected chi connectivity index (χ3v) is 3.50. The van der Waals surface area contributed by atoms with Crippen molar-refractivity contribution in [3.05, 3.63) is 34.3 Å². The van der Waals surface area contributed by atoms with Gasteiger partial charge < -0.3 is 5.32 Å². The molecule has 1 aromatic carbocycles. The largest absolute Gasteiger partial charge is 0.317 e. The van der Waals surface area contributed by atoms with Crippen molar-refractivity contribution >= 4 is 11.6 Å². The molecule has 15 heavy (non-hydrogen) atoms. The molecule has 0 saturated carbocycles. The summed E-state index contributed by atoms with van der Waals surface area (Å²) < 4.78 is 0. The standard InChI is InChI=1S/C13H18ClN/c1-2-10-9-12(14)3-4-13(10)11-5-7-15-8-6-11/h3-4,9,11,15H,2,5-8H2,1H3. The molecule has 0 radical (unpaired) electrons. The van der Waals surface area contributed by atoms with E-state index in [-0.39, 0.29) is 0 Å². The normalized spacial score (nSPS) is 18.0. The molecule has 82 valence electrons. The van der Waals surface area contributed by atoms with Crippen LogP contribution in [0.1, 0.15) is 36.8 Å². The third kappa shape index (κ3) is 2.53. The fourth-order valence-electron chi connectivity index (χ4n) is 2.41. The highest BCUT2D eigenvalue weighted by Crippen LogP contribution is 2.29. The van der Waals surface area contributed by atoms with Crippen LogP contribution >= 0.6 is 11.6 Å². The highest BCUT2D eigenvalue weighted by molar-refractivity contribution is 6.30. The fraction of sp³-hybridized carbons (Fsp3) is 0.538. The predicted octanol–water partition coefficient (Wildman–Crippen LogP) is 3.37. The summed E-state index contributed by atoms with van der Waals surface area (Å²) >= 11 is 6.02. The van der Waals surface area contributed by atoms with Crippen LogP contribution in [0.4, 0.5) is 0 Å². The van der Waals surface area contributed by atoms with E-state index in [9.17, 15) is 0 Å². The molecule has 0 aliphatic carbocycles. The van der Waals surface area contributed by atoms with Crippen LogP contribution in [0.15, 0.2) is 18.2 Å². The Morgan fingerprint density at radius 2 is 2.07 bits per heavy atom. The minimum Gasteiger partial charge on any atom is -0.317 e. The van der Waals surface area contributed by atoms with Crippen LogP contribution in [0, 0.1) is 0 Å². The molecule has 0 aromatic heterocycles. The van der Waals surface area contributed by atoms with Crippen LogP contribution in [0.25, 0.3) is 0 Å². The van der Waals surface area contributed by atoms with Gasteiger partial charge in [-0.05, 0) is 61.5 Å². The summed E-state index contributed by atoms with van der Waals surface area (Å²) in [5.74, 6) is 0.735. The summed E-state index contributed by atoms with van der Waals surface area (Å²) in [6.07, 6.45) is 3.60. The molecule has 2 heteroatoms. The van der Waals surface area contributed by atoms with Crippen molar-refractivity contribution in [1.82, 2.24) is 5.32 Å². The van der Waals surface area contributed by atoms with Gasteiger partial charge >= 0.3 is 0 Å². The lowest BCUT2D eigenvalue weighted by Crippen LogP contribution is -2.27. The Balaban J connectivity index is 2.25. The molecule has 1 aliphatic rings. The van der Waals surface area contributed by atoms with Gasteiger partial charge in [-0.25, -0.2) is 0 Å². The van der Waals surface area contributed by atoms with Crippen LogP contribution in [-0.2, 0) is 6.42 Å². The average Bonchev–Trinajstić information content (AvgIpc) is 2.30. The van der Waals surface area contributed by atoms with Gasteiger partial charge in [0.05, 0.1) is 0 Å². The van der Waals surface area contributed by atoms with Crippen molar-refractivity contribution in [3.8, 4) is 0 Å². The Hall–Kier alpha value is -0.530. The second kappa shape index (κ2) is 5.00. The molecule has 0 spiro atoms. The first kappa shape index (κ1) is 11.0. The quantitative estimate of drug-likeness (QED) is 0.811. The summed E-state index contributed by atoms with van der Waals surface area (Å²) in [6, 6.07) is 6.37. The molecule has 0 amide bonds. The lowest BCUT2D eigenvalue weighted by Gasteiger charge is -2.25. The second-order valence-electron chi connectivity index (χ2n) is 4.22. The van der Waals surface area contributed by atoms with E-state index in [0.29, 0.717) is 0 Å². The van der Waals surface area contributed by atoms with Crippen molar-refractivity contribution in [2.45, 2.75) is 32.1 Å². The molecule has 1 nitrogen and oxygen atoms in total. The minimum absolute atomic E-state index is 0.735. The zero-order chi connectivity index (χ0) is 10.7. The van der Waals surface area contributed by atoms with E-state index in [1.165, 1.54) is 24.0 Å². The van der Waals surface area contributed by atoms with Crippen LogP contribution in [0.2, 0.25) is 5.02 Å². The Morgan fingerprint density at radius 3 is 2.73 bits per heavy atom. The number of hydrogen-bond donors (Lipinski definition) is 1. The Bertz CT molecular complexity index is 329. The summed E-state index contributed by atoms with van der Waals surface area (Å²) in [7, 11) is 0. The molecule has 1 saturated heterocycles. The van der Waals surface area contributed by atoms with Crippen LogP contribution in [0.3, 0.4) is 0 Å². The van der Waals surface area contributed by atoms with Crippen molar-refractivity contribution < 1.29 is 0 Å². The maximum atomic E-state index is 6.02. The van der Waals surface area contributed by atoms with E-state index < -0.39 is 0 Å². The van der Waals surface area contributed by atoms with Crippen molar-refractivity contribution in [2.24, 2.45) is 0 Å². The molecule has 1 aromatic rings. The number of nitrogens with one attached hydrogen (secondary N) is 1. The minimum atomic E-state index is 0.735. The smallest absolute Gasteiger partial charge is 0.0408 e. The molecule has 0 bridgehead atoms. The predicted molar refractivity (Wildman–Crippen MR) is 65.7 cm³/mol. The first-order valence-corrected chi connectivity index (χ1v) is 6.18. The molecule has 1 N–H and O–H groups in total. The van der Waals surface area contributed by atoms with Crippen LogP contribution in [-0.4, -0.2) is 13.1 Å². The summed E-state index contributed by atoms with van der Waals surface area (Å²) in [5.41, 5.74) is 2.94. The van der Waals surface area contributed by atoms with Gasteiger partial charge in [0.15, 0.2) is 0 Å². The molecular formula is C13H18ClN. The number of rotatable bonds is 2. The van der Waals surface area contributed by atoms with Gasteiger partial charge in [0.25, 0.3) is 0 Å². The van der Waals surface area contributed by atoms with E-state index in [4.69, 9.17) is 11.6 Å². The fourth-order valence-corrected chi connectivity index (χ4v) is 2.61. The Kier molecular flexibility index (Phi) is 3.66. The second-order valence-corrected chi connectivity index (χ2v) is 4.66. The molecule has 1 heterocycles. The topological polar surface area (TPSA) is 12.0 Å². The number of hydrogen-bond acceptors (Lipinski definition) is 1. The SMILES string of the molecule is CCc1cc(Cl)ccc1C1CCNCC1. The average molecular weight is 224 g/mol. The molecule has 1 aliphatic heterocycles. The first-order valence-electron chi connectivity index (χ1n) is 5.80. The van der Waals surface area contributed by atoms with Gasteiger partial charge in [0, 0.05) is 5.02 Å². The Morgan fingerprint density at radius 1 is 1.33 bits per heavy atom. The summed E-state index contributed by atoms with van der Waals surface area (Å²) in [5, 5.41) is 4.27. The van der Waals surface area contributed by atoms with Gasteiger partial charge in [-0.15, -0.1) is 0 Å². The van der Waals surface area contributed by atoms with Crippen molar-refractivity contribution in [2.75, 3.05) is 13.1 Å². The zero-order valence-electron chi connectivity index (χ0n) is 9.22.